The second-order valence-corrected chi connectivity index (χ2v) is 11.4. The summed E-state index contributed by atoms with van der Waals surface area (Å²) in [6, 6.07) is 15.9. The number of aryl methyl sites for hydroxylation is 1. The van der Waals surface area contributed by atoms with Crippen molar-refractivity contribution in [3.63, 3.8) is 0 Å². The van der Waals surface area contributed by atoms with E-state index in [9.17, 15) is 4.79 Å². The lowest BCUT2D eigenvalue weighted by Crippen LogP contribution is -2.25. The number of fused-ring (bicyclic) bond motifs is 1. The Balaban J connectivity index is 0.000000253. The van der Waals surface area contributed by atoms with Crippen molar-refractivity contribution in [2.45, 2.75) is 58.5 Å². The number of hydrogen-bond donors (Lipinski definition) is 2. The summed E-state index contributed by atoms with van der Waals surface area (Å²) in [5, 5.41) is 14.6. The second-order valence-electron chi connectivity index (χ2n) is 11.4. The molecule has 0 bridgehead atoms. The Morgan fingerprint density at radius 2 is 1.78 bits per heavy atom. The fourth-order valence-electron chi connectivity index (χ4n) is 5.00. The summed E-state index contributed by atoms with van der Waals surface area (Å²) in [4.78, 5) is 27.8. The van der Waals surface area contributed by atoms with Gasteiger partial charge in [0, 0.05) is 57.3 Å². The SMILES string of the molecule is CCOCCCOCCCCCOc1ccc2c(c1)[C@@H](NC=O)CCO2.COC=O.Cc1cccc(NCc2nnc(-c3ccncn3)n2C)c1. The maximum absolute atomic E-state index is 10.8. The van der Waals surface area contributed by atoms with Crippen LogP contribution in [0.1, 0.15) is 62.0 Å². The molecule has 14 nitrogen and oxygen atoms in total. The average molecular weight is 706 g/mol. The molecule has 0 aliphatic carbocycles. The summed E-state index contributed by atoms with van der Waals surface area (Å²) in [5.41, 5.74) is 4.05. The molecule has 1 aliphatic rings. The molecule has 276 valence electrons. The van der Waals surface area contributed by atoms with Gasteiger partial charge in [-0.3, -0.25) is 9.59 Å². The van der Waals surface area contributed by atoms with E-state index in [-0.39, 0.29) is 6.04 Å². The number of methoxy groups -OCH3 is 1. The molecule has 0 saturated carbocycles. The summed E-state index contributed by atoms with van der Waals surface area (Å²) >= 11 is 0. The second kappa shape index (κ2) is 24.1. The molecule has 4 aromatic rings. The molecule has 0 unspecified atom stereocenters. The Hall–Kier alpha value is -5.08. The monoisotopic (exact) mass is 705 g/mol. The molecule has 0 spiro atoms. The first-order valence-electron chi connectivity index (χ1n) is 17.2. The maximum Gasteiger partial charge on any atom is 0.292 e. The number of ether oxygens (including phenoxy) is 5. The molecule has 0 saturated heterocycles. The van der Waals surface area contributed by atoms with E-state index >= 15 is 0 Å². The first kappa shape index (κ1) is 40.4. The van der Waals surface area contributed by atoms with Gasteiger partial charge in [0.15, 0.2) is 11.6 Å². The molecule has 1 aliphatic heterocycles. The fourth-order valence-corrected chi connectivity index (χ4v) is 5.00. The van der Waals surface area contributed by atoms with Gasteiger partial charge in [0.2, 0.25) is 6.41 Å². The van der Waals surface area contributed by atoms with Crippen LogP contribution in [0.25, 0.3) is 11.5 Å². The molecule has 5 rings (SSSR count). The van der Waals surface area contributed by atoms with Gasteiger partial charge in [-0.15, -0.1) is 10.2 Å². The summed E-state index contributed by atoms with van der Waals surface area (Å²) in [6.07, 6.45) is 8.80. The Morgan fingerprint density at radius 1 is 0.980 bits per heavy atom. The highest BCUT2D eigenvalue weighted by atomic mass is 16.5. The van der Waals surface area contributed by atoms with Gasteiger partial charge in [0.1, 0.15) is 23.5 Å². The lowest BCUT2D eigenvalue weighted by Gasteiger charge is -2.25. The molecule has 2 aromatic carbocycles. The van der Waals surface area contributed by atoms with Crippen LogP contribution in [0.4, 0.5) is 5.69 Å². The Morgan fingerprint density at radius 3 is 2.53 bits per heavy atom. The Kier molecular flexibility index (Phi) is 19.1. The van der Waals surface area contributed by atoms with Gasteiger partial charge in [0.05, 0.1) is 32.9 Å². The summed E-state index contributed by atoms with van der Waals surface area (Å²) in [7, 11) is 3.25. The number of anilines is 1. The lowest BCUT2D eigenvalue weighted by molar-refractivity contribution is -0.126. The highest BCUT2D eigenvalue weighted by Crippen LogP contribution is 2.34. The number of benzene rings is 2. The minimum atomic E-state index is -0.000301. The molecule has 0 radical (unpaired) electrons. The van der Waals surface area contributed by atoms with Crippen molar-refractivity contribution < 1.29 is 33.3 Å². The third-order valence-electron chi connectivity index (χ3n) is 7.61. The van der Waals surface area contributed by atoms with Crippen molar-refractivity contribution >= 4 is 18.6 Å². The van der Waals surface area contributed by atoms with E-state index in [0.717, 1.165) is 105 Å². The van der Waals surface area contributed by atoms with E-state index in [1.54, 1.807) is 6.20 Å². The smallest absolute Gasteiger partial charge is 0.292 e. The number of unbranched alkanes of at least 4 members (excludes halogenated alkanes) is 2. The molecule has 3 heterocycles. The van der Waals surface area contributed by atoms with Gasteiger partial charge in [0.25, 0.3) is 6.47 Å². The third-order valence-corrected chi connectivity index (χ3v) is 7.61. The van der Waals surface area contributed by atoms with E-state index < -0.39 is 0 Å². The van der Waals surface area contributed by atoms with Gasteiger partial charge in [-0.05, 0) is 81.5 Å². The van der Waals surface area contributed by atoms with Crippen molar-refractivity contribution in [3.05, 3.63) is 78.0 Å². The van der Waals surface area contributed by atoms with E-state index in [1.807, 2.05) is 54.9 Å². The number of nitrogens with one attached hydrogen (secondary N) is 2. The van der Waals surface area contributed by atoms with Crippen molar-refractivity contribution in [2.75, 3.05) is 52.1 Å². The van der Waals surface area contributed by atoms with Crippen LogP contribution >= 0.6 is 0 Å². The van der Waals surface area contributed by atoms with Crippen LogP contribution in [-0.4, -0.2) is 84.4 Å². The van der Waals surface area contributed by atoms with E-state index in [0.29, 0.717) is 26.2 Å². The molecule has 0 fully saturated rings. The number of carbonyl (C=O) groups excluding carboxylic acids is 2. The van der Waals surface area contributed by atoms with Gasteiger partial charge in [-0.25, -0.2) is 9.97 Å². The van der Waals surface area contributed by atoms with E-state index in [4.69, 9.17) is 23.7 Å². The van der Waals surface area contributed by atoms with Gasteiger partial charge < -0.3 is 38.9 Å². The molecule has 1 amide bonds. The first-order valence-corrected chi connectivity index (χ1v) is 17.2. The largest absolute Gasteiger partial charge is 0.494 e. The summed E-state index contributed by atoms with van der Waals surface area (Å²) in [5.74, 6) is 3.23. The zero-order valence-corrected chi connectivity index (χ0v) is 30.1. The molecular weight excluding hydrogens is 654 g/mol. The van der Waals surface area contributed by atoms with Crippen LogP contribution in [0, 0.1) is 6.92 Å². The van der Waals surface area contributed by atoms with Crippen LogP contribution in [0.5, 0.6) is 11.5 Å². The van der Waals surface area contributed by atoms with Crippen molar-refractivity contribution in [2.24, 2.45) is 7.05 Å². The molecule has 2 N–H and O–H groups in total. The van der Waals surface area contributed by atoms with Crippen LogP contribution in [-0.2, 0) is 37.4 Å². The van der Waals surface area contributed by atoms with Gasteiger partial charge >= 0.3 is 0 Å². The number of nitrogens with zero attached hydrogens (tertiary/aromatic N) is 5. The van der Waals surface area contributed by atoms with Gasteiger partial charge in [-0.1, -0.05) is 12.1 Å². The predicted octanol–water partition coefficient (Wildman–Crippen LogP) is 5.23. The minimum absolute atomic E-state index is 0.000301. The zero-order valence-electron chi connectivity index (χ0n) is 30.1. The highest BCUT2D eigenvalue weighted by Gasteiger charge is 2.21. The average Bonchev–Trinajstić information content (AvgIpc) is 3.53. The minimum Gasteiger partial charge on any atom is -0.494 e. The van der Waals surface area contributed by atoms with Crippen LogP contribution in [0.2, 0.25) is 0 Å². The fraction of sp³-hybridized carbons (Fsp3) is 0.459. The molecule has 51 heavy (non-hydrogen) atoms. The molecule has 2 aromatic heterocycles. The number of carbonyl (C=O) groups is 2. The van der Waals surface area contributed by atoms with E-state index in [1.165, 1.54) is 19.0 Å². The maximum atomic E-state index is 10.8. The van der Waals surface area contributed by atoms with Crippen molar-refractivity contribution in [1.29, 1.82) is 0 Å². The third kappa shape index (κ3) is 14.7. The predicted molar refractivity (Wildman–Crippen MR) is 193 cm³/mol. The normalized spacial score (nSPS) is 12.8. The zero-order chi connectivity index (χ0) is 36.5. The molecule has 14 heteroatoms. The van der Waals surface area contributed by atoms with Crippen molar-refractivity contribution in [1.82, 2.24) is 30.0 Å². The molecule has 1 atom stereocenters. The Labute approximate surface area is 300 Å². The highest BCUT2D eigenvalue weighted by molar-refractivity contribution is 5.51. The molecular formula is C37H51N7O7. The van der Waals surface area contributed by atoms with Crippen molar-refractivity contribution in [3.8, 4) is 23.0 Å². The summed E-state index contributed by atoms with van der Waals surface area (Å²) in [6.45, 7) is 9.46. The van der Waals surface area contributed by atoms with Gasteiger partial charge in [-0.2, -0.15) is 0 Å². The number of amides is 1. The van der Waals surface area contributed by atoms with E-state index in [2.05, 4.69) is 54.6 Å². The van der Waals surface area contributed by atoms with Crippen LogP contribution < -0.4 is 20.1 Å². The Bertz CT molecular complexity index is 1560. The standard InChI is InChI=1S/C20H31NO5.C15H16N6.C2H4O2/c1-2-23-11-6-12-24-10-4-3-5-13-25-17-7-8-20-18(15-17)19(21-16-22)9-14-26-20;1-11-4-3-5-12(8-11)17-9-14-19-20-15(21(14)2)13-6-7-16-10-18-13;1-4-2-3/h7-8,15-16,19H,2-6,9-14H2,1H3,(H,21,22);3-8,10,17H,9H2,1-2H3;2H,1H3/t19-;;/m0../s1. The number of aromatic nitrogens is 5. The van der Waals surface area contributed by atoms with Crippen LogP contribution in [0.15, 0.2) is 61.1 Å². The first-order chi connectivity index (χ1) is 25.0. The lowest BCUT2D eigenvalue weighted by atomic mass is 10.0. The summed E-state index contributed by atoms with van der Waals surface area (Å²) < 4.78 is 28.1. The van der Waals surface area contributed by atoms with Crippen LogP contribution in [0.3, 0.4) is 0 Å². The quantitative estimate of drug-likeness (QED) is 0.0967. The topological polar surface area (TPSA) is 161 Å². The number of hydrogen-bond acceptors (Lipinski definition) is 12. The number of rotatable bonds is 19.